The number of rotatable bonds is 3. The van der Waals surface area contributed by atoms with Crippen molar-refractivity contribution >= 4 is 28.9 Å². The first-order chi connectivity index (χ1) is 15.7. The van der Waals surface area contributed by atoms with Crippen LogP contribution in [0.4, 0.5) is 23.0 Å². The zero-order valence-electron chi connectivity index (χ0n) is 17.7. The van der Waals surface area contributed by atoms with E-state index < -0.39 is 0 Å². The molecule has 3 N–H and O–H groups in total. The van der Waals surface area contributed by atoms with Crippen LogP contribution in [0.25, 0.3) is 0 Å². The van der Waals surface area contributed by atoms with Crippen molar-refractivity contribution < 1.29 is 9.53 Å². The number of carbonyl (C=O) groups excluding carboxylic acids is 1. The van der Waals surface area contributed by atoms with E-state index >= 15 is 0 Å². The first-order valence-corrected chi connectivity index (χ1v) is 10.8. The fourth-order valence-corrected chi connectivity index (χ4v) is 4.54. The molecule has 3 aromatic rings. The van der Waals surface area contributed by atoms with Gasteiger partial charge in [-0.05, 0) is 42.7 Å². The third kappa shape index (κ3) is 3.17. The normalized spacial score (nSPS) is 16.3. The molecule has 0 saturated carbocycles. The number of aromatic nitrogens is 3. The Hall–Kier alpha value is -3.88. The van der Waals surface area contributed by atoms with Gasteiger partial charge in [-0.2, -0.15) is 0 Å². The third-order valence-corrected chi connectivity index (χ3v) is 6.25. The van der Waals surface area contributed by atoms with Gasteiger partial charge in [-0.3, -0.25) is 4.79 Å². The van der Waals surface area contributed by atoms with E-state index in [-0.39, 0.29) is 5.91 Å². The Balaban J connectivity index is 1.25. The van der Waals surface area contributed by atoms with Crippen LogP contribution < -0.4 is 25.6 Å². The molecule has 3 aliphatic heterocycles. The van der Waals surface area contributed by atoms with Crippen molar-refractivity contribution in [3.63, 3.8) is 0 Å². The monoisotopic (exact) mass is 429 g/mol. The predicted molar refractivity (Wildman–Crippen MR) is 121 cm³/mol. The molecule has 0 atom stereocenters. The Morgan fingerprint density at radius 3 is 3.03 bits per heavy atom. The lowest BCUT2D eigenvalue weighted by Crippen LogP contribution is -2.32. The molecular weight excluding hydrogens is 406 g/mol. The largest absolute Gasteiger partial charge is 0.474 e. The number of ether oxygens (including phenoxy) is 1. The highest BCUT2D eigenvalue weighted by Gasteiger charge is 2.24. The molecule has 1 aromatic carbocycles. The first-order valence-electron chi connectivity index (χ1n) is 10.8. The van der Waals surface area contributed by atoms with Crippen molar-refractivity contribution in [1.29, 1.82) is 0 Å². The number of hydrogen-bond donors (Lipinski definition) is 3. The molecule has 2 aromatic heterocycles. The minimum absolute atomic E-state index is 0.0228. The van der Waals surface area contributed by atoms with Crippen LogP contribution in [0.2, 0.25) is 0 Å². The van der Waals surface area contributed by atoms with E-state index in [1.54, 1.807) is 0 Å². The van der Waals surface area contributed by atoms with Crippen LogP contribution in [-0.4, -0.2) is 40.6 Å². The van der Waals surface area contributed by atoms with Crippen molar-refractivity contribution in [3.05, 3.63) is 58.5 Å². The second-order valence-electron chi connectivity index (χ2n) is 8.24. The summed E-state index contributed by atoms with van der Waals surface area (Å²) in [5, 5.41) is 9.54. The van der Waals surface area contributed by atoms with Gasteiger partial charge in [0.15, 0.2) is 0 Å². The molecule has 0 fully saturated rings. The lowest BCUT2D eigenvalue weighted by atomic mass is 10.0. The quantitative estimate of drug-likeness (QED) is 0.584. The van der Waals surface area contributed by atoms with Crippen LogP contribution in [0, 0.1) is 6.92 Å². The standard InChI is InChI=1S/C23H23N7O2/c1-13-19(11-26-22-20(13)24-5-7-32-22)30-6-4-14-9-27-23(29-18(14)12-30)28-16-2-3-17-15(8-16)10-25-21(17)31/h2-3,8-9,11,24H,4-7,10,12H2,1H3,(H,25,31)(H,27,28,29). The molecule has 0 saturated heterocycles. The second kappa shape index (κ2) is 7.37. The maximum absolute atomic E-state index is 11.8. The van der Waals surface area contributed by atoms with E-state index in [0.717, 1.165) is 59.0 Å². The Morgan fingerprint density at radius 1 is 1.16 bits per heavy atom. The van der Waals surface area contributed by atoms with Gasteiger partial charge in [-0.15, -0.1) is 0 Å². The Labute approximate surface area is 185 Å². The molecular formula is C23H23N7O2. The van der Waals surface area contributed by atoms with E-state index in [1.165, 1.54) is 5.56 Å². The average molecular weight is 429 g/mol. The topological polar surface area (TPSA) is 104 Å². The van der Waals surface area contributed by atoms with Gasteiger partial charge in [0.25, 0.3) is 5.91 Å². The van der Waals surface area contributed by atoms with Crippen molar-refractivity contribution in [2.45, 2.75) is 26.4 Å². The molecule has 9 heteroatoms. The molecule has 32 heavy (non-hydrogen) atoms. The number of amides is 1. The summed E-state index contributed by atoms with van der Waals surface area (Å²) in [6, 6.07) is 5.69. The number of pyridine rings is 1. The number of benzene rings is 1. The summed E-state index contributed by atoms with van der Waals surface area (Å²) in [6.07, 6.45) is 4.68. The van der Waals surface area contributed by atoms with Gasteiger partial charge < -0.3 is 25.6 Å². The number of nitrogens with zero attached hydrogens (tertiary/aromatic N) is 4. The van der Waals surface area contributed by atoms with E-state index in [4.69, 9.17) is 9.72 Å². The number of hydrogen-bond acceptors (Lipinski definition) is 8. The highest BCUT2D eigenvalue weighted by Crippen LogP contribution is 2.36. The van der Waals surface area contributed by atoms with Gasteiger partial charge >= 0.3 is 0 Å². The summed E-state index contributed by atoms with van der Waals surface area (Å²) < 4.78 is 5.67. The lowest BCUT2D eigenvalue weighted by Gasteiger charge is -2.32. The number of nitrogens with one attached hydrogen (secondary N) is 3. The summed E-state index contributed by atoms with van der Waals surface area (Å²) in [5.41, 5.74) is 7.98. The smallest absolute Gasteiger partial charge is 0.251 e. The highest BCUT2D eigenvalue weighted by atomic mass is 16.5. The van der Waals surface area contributed by atoms with Gasteiger partial charge in [-0.1, -0.05) is 0 Å². The van der Waals surface area contributed by atoms with Crippen LogP contribution >= 0.6 is 0 Å². The molecule has 1 amide bonds. The summed E-state index contributed by atoms with van der Waals surface area (Å²) in [5.74, 6) is 1.21. The van der Waals surface area contributed by atoms with Gasteiger partial charge in [0.2, 0.25) is 11.8 Å². The Bertz CT molecular complexity index is 1240. The summed E-state index contributed by atoms with van der Waals surface area (Å²) in [4.78, 5) is 27.9. The van der Waals surface area contributed by atoms with Gasteiger partial charge in [0, 0.05) is 42.6 Å². The highest BCUT2D eigenvalue weighted by molar-refractivity contribution is 5.98. The molecule has 0 spiro atoms. The molecule has 0 unspecified atom stereocenters. The molecule has 3 aliphatic rings. The van der Waals surface area contributed by atoms with Crippen LogP contribution in [0.15, 0.2) is 30.6 Å². The SMILES string of the molecule is Cc1c(N2CCc3cnc(Nc4ccc5c(c4)CNC5=O)nc3C2)cnc2c1NCCO2. The Kier molecular flexibility index (Phi) is 4.34. The van der Waals surface area contributed by atoms with Crippen LogP contribution in [0.3, 0.4) is 0 Å². The summed E-state index contributed by atoms with van der Waals surface area (Å²) in [6.45, 7) is 5.66. The lowest BCUT2D eigenvalue weighted by molar-refractivity contribution is 0.0966. The fourth-order valence-electron chi connectivity index (χ4n) is 4.54. The van der Waals surface area contributed by atoms with Gasteiger partial charge in [0.05, 0.1) is 24.1 Å². The van der Waals surface area contributed by atoms with Crippen molar-refractivity contribution in [2.75, 3.05) is 35.2 Å². The average Bonchev–Trinajstić information content (AvgIpc) is 3.19. The molecule has 5 heterocycles. The number of fused-ring (bicyclic) bond motifs is 3. The molecule has 9 nitrogen and oxygen atoms in total. The maximum Gasteiger partial charge on any atom is 0.251 e. The zero-order chi connectivity index (χ0) is 21.7. The Morgan fingerprint density at radius 2 is 2.09 bits per heavy atom. The van der Waals surface area contributed by atoms with Gasteiger partial charge in [0.1, 0.15) is 12.3 Å². The fraction of sp³-hybridized carbons (Fsp3) is 0.304. The predicted octanol–water partition coefficient (Wildman–Crippen LogP) is 2.53. The van der Waals surface area contributed by atoms with Crippen molar-refractivity contribution in [2.24, 2.45) is 0 Å². The molecule has 6 rings (SSSR count). The molecule has 162 valence electrons. The first kappa shape index (κ1) is 18.9. The van der Waals surface area contributed by atoms with Gasteiger partial charge in [-0.25, -0.2) is 15.0 Å². The van der Waals surface area contributed by atoms with Crippen LogP contribution in [0.5, 0.6) is 5.88 Å². The van der Waals surface area contributed by atoms with Crippen molar-refractivity contribution in [1.82, 2.24) is 20.3 Å². The minimum atomic E-state index is -0.0228. The minimum Gasteiger partial charge on any atom is -0.474 e. The molecule has 0 aliphatic carbocycles. The second-order valence-corrected chi connectivity index (χ2v) is 8.24. The molecule has 0 radical (unpaired) electrons. The summed E-state index contributed by atoms with van der Waals surface area (Å²) >= 11 is 0. The number of carbonyl (C=O) groups is 1. The van der Waals surface area contributed by atoms with E-state index in [9.17, 15) is 4.79 Å². The number of anilines is 4. The van der Waals surface area contributed by atoms with E-state index in [1.807, 2.05) is 30.6 Å². The maximum atomic E-state index is 11.8. The van der Waals surface area contributed by atoms with Crippen LogP contribution in [0.1, 0.15) is 32.7 Å². The van der Waals surface area contributed by atoms with E-state index in [2.05, 4.69) is 37.7 Å². The zero-order valence-corrected chi connectivity index (χ0v) is 17.7. The third-order valence-electron chi connectivity index (χ3n) is 6.25. The van der Waals surface area contributed by atoms with E-state index in [0.29, 0.717) is 31.5 Å². The summed E-state index contributed by atoms with van der Waals surface area (Å²) in [7, 11) is 0. The van der Waals surface area contributed by atoms with Crippen molar-refractivity contribution in [3.8, 4) is 5.88 Å². The van der Waals surface area contributed by atoms with Crippen LogP contribution in [-0.2, 0) is 19.5 Å². The molecule has 0 bridgehead atoms.